The van der Waals surface area contributed by atoms with E-state index in [1.807, 2.05) is 6.92 Å². The van der Waals surface area contributed by atoms with E-state index in [-0.39, 0.29) is 5.92 Å². The Labute approximate surface area is 56.4 Å². The quantitative estimate of drug-likeness (QED) is 0.443. The van der Waals surface area contributed by atoms with E-state index in [0.717, 1.165) is 32.1 Å². The van der Waals surface area contributed by atoms with Gasteiger partial charge in [0.05, 0.1) is 0 Å². The molecule has 0 aromatic carbocycles. The molecule has 0 aliphatic heterocycles. The lowest BCUT2D eigenvalue weighted by molar-refractivity contribution is -0.110. The van der Waals surface area contributed by atoms with Gasteiger partial charge in [-0.2, -0.15) is 0 Å². The van der Waals surface area contributed by atoms with Crippen LogP contribution in [-0.2, 0) is 4.79 Å². The molecule has 0 fully saturated rings. The smallest absolute Gasteiger partial charge is 0.122 e. The van der Waals surface area contributed by atoms with Crippen LogP contribution in [0, 0.1) is 5.92 Å². The van der Waals surface area contributed by atoms with Crippen LogP contribution < -0.4 is 5.73 Å². The molecule has 0 aliphatic rings. The topological polar surface area (TPSA) is 43.1 Å². The normalized spacial score (nSPS) is 13.1. The number of hydrogen-bond acceptors (Lipinski definition) is 2. The summed E-state index contributed by atoms with van der Waals surface area (Å²) >= 11 is 0. The standard InChI is InChI=1S/C7H15NO/c1-7(6-9)4-2-3-5-8/h6-7H,2-5,8H2,1H3. The molecule has 0 saturated heterocycles. The molecule has 2 nitrogen and oxygen atoms in total. The van der Waals surface area contributed by atoms with Gasteiger partial charge in [0, 0.05) is 5.92 Å². The van der Waals surface area contributed by atoms with Gasteiger partial charge in [0.15, 0.2) is 0 Å². The van der Waals surface area contributed by atoms with Gasteiger partial charge < -0.3 is 10.5 Å². The van der Waals surface area contributed by atoms with Gasteiger partial charge in [0.25, 0.3) is 0 Å². The first kappa shape index (κ1) is 8.63. The van der Waals surface area contributed by atoms with Crippen molar-refractivity contribution in [3.63, 3.8) is 0 Å². The maximum absolute atomic E-state index is 10.1. The first-order valence-corrected chi connectivity index (χ1v) is 3.46. The average Bonchev–Trinajstić information content (AvgIpc) is 1.89. The fraction of sp³-hybridized carbons (Fsp3) is 0.857. The van der Waals surface area contributed by atoms with Gasteiger partial charge >= 0.3 is 0 Å². The molecule has 0 saturated carbocycles. The van der Waals surface area contributed by atoms with Crippen molar-refractivity contribution in [2.75, 3.05) is 6.54 Å². The predicted octanol–water partition coefficient (Wildman–Crippen LogP) is 0.950. The molecule has 0 rings (SSSR count). The monoisotopic (exact) mass is 129 g/mol. The Morgan fingerprint density at radius 2 is 2.22 bits per heavy atom. The highest BCUT2D eigenvalue weighted by Gasteiger charge is 1.96. The lowest BCUT2D eigenvalue weighted by Crippen LogP contribution is -2.01. The third-order valence-corrected chi connectivity index (χ3v) is 1.35. The number of rotatable bonds is 5. The second-order valence-corrected chi connectivity index (χ2v) is 2.40. The van der Waals surface area contributed by atoms with Crippen molar-refractivity contribution < 1.29 is 4.79 Å². The van der Waals surface area contributed by atoms with Crippen molar-refractivity contribution in [3.8, 4) is 0 Å². The molecular weight excluding hydrogens is 114 g/mol. The van der Waals surface area contributed by atoms with E-state index < -0.39 is 0 Å². The average molecular weight is 129 g/mol. The zero-order chi connectivity index (χ0) is 7.11. The van der Waals surface area contributed by atoms with Crippen LogP contribution in [0.3, 0.4) is 0 Å². The minimum atomic E-state index is 0.219. The SMILES string of the molecule is CC(C=O)CCCCN. The van der Waals surface area contributed by atoms with Crippen molar-refractivity contribution in [2.24, 2.45) is 11.7 Å². The second-order valence-electron chi connectivity index (χ2n) is 2.40. The van der Waals surface area contributed by atoms with E-state index in [4.69, 9.17) is 5.73 Å². The number of nitrogens with two attached hydrogens (primary N) is 1. The molecule has 0 spiro atoms. The summed E-state index contributed by atoms with van der Waals surface area (Å²) in [5, 5.41) is 0. The summed E-state index contributed by atoms with van der Waals surface area (Å²) in [4.78, 5) is 10.1. The molecule has 1 atom stereocenters. The predicted molar refractivity (Wildman–Crippen MR) is 38.1 cm³/mol. The number of aldehydes is 1. The van der Waals surface area contributed by atoms with Crippen LogP contribution in [0.15, 0.2) is 0 Å². The van der Waals surface area contributed by atoms with Gasteiger partial charge in [-0.05, 0) is 19.4 Å². The first-order valence-electron chi connectivity index (χ1n) is 3.46. The second kappa shape index (κ2) is 5.76. The molecular formula is C7H15NO. The van der Waals surface area contributed by atoms with Crippen molar-refractivity contribution in [1.29, 1.82) is 0 Å². The summed E-state index contributed by atoms with van der Waals surface area (Å²) in [6.45, 7) is 2.68. The lowest BCUT2D eigenvalue weighted by Gasteiger charge is -1.99. The van der Waals surface area contributed by atoms with Gasteiger partial charge in [0.1, 0.15) is 6.29 Å². The summed E-state index contributed by atoms with van der Waals surface area (Å²) in [6.07, 6.45) is 4.10. The summed E-state index contributed by atoms with van der Waals surface area (Å²) < 4.78 is 0. The Morgan fingerprint density at radius 3 is 2.67 bits per heavy atom. The zero-order valence-corrected chi connectivity index (χ0v) is 5.97. The number of carbonyl (C=O) groups excluding carboxylic acids is 1. The van der Waals surface area contributed by atoms with Crippen molar-refractivity contribution in [1.82, 2.24) is 0 Å². The molecule has 2 heteroatoms. The Kier molecular flexibility index (Phi) is 5.52. The van der Waals surface area contributed by atoms with Gasteiger partial charge in [-0.15, -0.1) is 0 Å². The van der Waals surface area contributed by atoms with Crippen molar-refractivity contribution in [2.45, 2.75) is 26.2 Å². The molecule has 0 bridgehead atoms. The van der Waals surface area contributed by atoms with E-state index in [0.29, 0.717) is 0 Å². The fourth-order valence-electron chi connectivity index (χ4n) is 0.679. The van der Waals surface area contributed by atoms with Crippen molar-refractivity contribution >= 4 is 6.29 Å². The maximum Gasteiger partial charge on any atom is 0.122 e. The summed E-state index contributed by atoms with van der Waals surface area (Å²) in [5.74, 6) is 0.219. The number of hydrogen-bond donors (Lipinski definition) is 1. The zero-order valence-electron chi connectivity index (χ0n) is 5.97. The molecule has 0 aliphatic carbocycles. The van der Waals surface area contributed by atoms with E-state index in [1.165, 1.54) is 0 Å². The molecule has 1 unspecified atom stereocenters. The molecule has 0 amide bonds. The Bertz CT molecular complexity index is 73.3. The minimum absolute atomic E-state index is 0.219. The van der Waals surface area contributed by atoms with Crippen molar-refractivity contribution in [3.05, 3.63) is 0 Å². The van der Waals surface area contributed by atoms with Gasteiger partial charge in [-0.1, -0.05) is 13.3 Å². The largest absolute Gasteiger partial charge is 0.330 e. The van der Waals surface area contributed by atoms with E-state index in [1.54, 1.807) is 0 Å². The highest BCUT2D eigenvalue weighted by molar-refractivity contribution is 5.52. The highest BCUT2D eigenvalue weighted by atomic mass is 16.1. The van der Waals surface area contributed by atoms with Gasteiger partial charge in [-0.3, -0.25) is 0 Å². The Morgan fingerprint density at radius 1 is 1.56 bits per heavy atom. The fourth-order valence-corrected chi connectivity index (χ4v) is 0.679. The van der Waals surface area contributed by atoms with Crippen LogP contribution in [0.4, 0.5) is 0 Å². The van der Waals surface area contributed by atoms with Gasteiger partial charge in [-0.25, -0.2) is 0 Å². The van der Waals surface area contributed by atoms with Crippen LogP contribution in [0.5, 0.6) is 0 Å². The summed E-state index contributed by atoms with van der Waals surface area (Å²) in [6, 6.07) is 0. The third kappa shape index (κ3) is 5.50. The molecule has 54 valence electrons. The number of carbonyl (C=O) groups is 1. The van der Waals surface area contributed by atoms with Crippen LogP contribution in [0.1, 0.15) is 26.2 Å². The molecule has 0 radical (unpaired) electrons. The Hall–Kier alpha value is -0.370. The molecule has 0 aromatic heterocycles. The molecule has 0 heterocycles. The van der Waals surface area contributed by atoms with Crippen LogP contribution in [0.25, 0.3) is 0 Å². The Balaban J connectivity index is 2.96. The summed E-state index contributed by atoms with van der Waals surface area (Å²) in [7, 11) is 0. The summed E-state index contributed by atoms with van der Waals surface area (Å²) in [5.41, 5.74) is 5.27. The van der Waals surface area contributed by atoms with E-state index in [9.17, 15) is 4.79 Å². The molecule has 2 N–H and O–H groups in total. The number of unbranched alkanes of at least 4 members (excludes halogenated alkanes) is 1. The minimum Gasteiger partial charge on any atom is -0.330 e. The molecule has 0 aromatic rings. The van der Waals surface area contributed by atoms with Crippen LogP contribution in [-0.4, -0.2) is 12.8 Å². The van der Waals surface area contributed by atoms with Crippen LogP contribution >= 0.6 is 0 Å². The molecule has 9 heavy (non-hydrogen) atoms. The highest BCUT2D eigenvalue weighted by Crippen LogP contribution is 2.02. The lowest BCUT2D eigenvalue weighted by atomic mass is 10.1. The van der Waals surface area contributed by atoms with E-state index >= 15 is 0 Å². The van der Waals surface area contributed by atoms with Gasteiger partial charge in [0.2, 0.25) is 0 Å². The first-order chi connectivity index (χ1) is 4.31. The van der Waals surface area contributed by atoms with E-state index in [2.05, 4.69) is 0 Å². The van der Waals surface area contributed by atoms with Crippen LogP contribution in [0.2, 0.25) is 0 Å². The maximum atomic E-state index is 10.1. The third-order valence-electron chi connectivity index (χ3n) is 1.35.